The summed E-state index contributed by atoms with van der Waals surface area (Å²) >= 11 is 2.04. The summed E-state index contributed by atoms with van der Waals surface area (Å²) in [6.45, 7) is -0.130. The van der Waals surface area contributed by atoms with Gasteiger partial charge in [0.1, 0.15) is 0 Å². The lowest BCUT2D eigenvalue weighted by molar-refractivity contribution is -0.0438. The Bertz CT molecular complexity index is 571. The van der Waals surface area contributed by atoms with E-state index in [9.17, 15) is 21.6 Å². The van der Waals surface area contributed by atoms with Gasteiger partial charge in [0, 0.05) is 10.1 Å². The van der Waals surface area contributed by atoms with E-state index in [1.807, 2.05) is 22.6 Å². The largest absolute Gasteiger partial charge is 0.516 e. The Hall–Kier alpha value is -0.510. The fourth-order valence-corrected chi connectivity index (χ4v) is 3.52. The minimum absolute atomic E-state index is 0.130. The maximum Gasteiger partial charge on any atom is 0.516 e. The van der Waals surface area contributed by atoms with Crippen molar-refractivity contribution in [2.24, 2.45) is 0 Å². The molecule has 1 aromatic carbocycles. The number of sulfonamides is 1. The molecule has 0 atom stereocenters. The van der Waals surface area contributed by atoms with Gasteiger partial charge in [0.15, 0.2) is 0 Å². The second-order valence-corrected chi connectivity index (χ2v) is 7.00. The van der Waals surface area contributed by atoms with Crippen molar-refractivity contribution >= 4 is 38.3 Å². The first-order valence-electron chi connectivity index (χ1n) is 5.11. The Morgan fingerprint density at radius 1 is 1.28 bits per heavy atom. The van der Waals surface area contributed by atoms with E-state index >= 15 is 0 Å². The van der Waals surface area contributed by atoms with Crippen molar-refractivity contribution in [1.29, 1.82) is 0 Å². The Labute approximate surface area is 116 Å². The SMILES string of the molecule is O=S(=O)(N1CCCc2cc(I)ccc21)C(F)(F)F. The van der Waals surface area contributed by atoms with Crippen LogP contribution in [-0.2, 0) is 16.4 Å². The predicted octanol–water partition coefficient (Wildman–Crippen LogP) is 2.89. The van der Waals surface area contributed by atoms with Gasteiger partial charge in [0.2, 0.25) is 0 Å². The molecular formula is C10H9F3INO2S. The van der Waals surface area contributed by atoms with Gasteiger partial charge in [0.05, 0.1) is 5.69 Å². The van der Waals surface area contributed by atoms with Gasteiger partial charge in [0.25, 0.3) is 0 Å². The van der Waals surface area contributed by atoms with E-state index in [-0.39, 0.29) is 12.2 Å². The molecule has 3 nitrogen and oxygen atoms in total. The smallest absolute Gasteiger partial charge is 0.262 e. The van der Waals surface area contributed by atoms with Crippen LogP contribution in [0.25, 0.3) is 0 Å². The molecule has 0 fully saturated rings. The normalized spacial score (nSPS) is 16.6. The highest BCUT2D eigenvalue weighted by molar-refractivity contribution is 14.1. The van der Waals surface area contributed by atoms with Crippen LogP contribution in [0, 0.1) is 3.57 Å². The minimum atomic E-state index is -5.29. The fourth-order valence-electron chi connectivity index (χ4n) is 1.91. The third-order valence-corrected chi connectivity index (χ3v) is 4.92. The molecule has 2 rings (SSSR count). The van der Waals surface area contributed by atoms with Gasteiger partial charge in [-0.05, 0) is 59.2 Å². The van der Waals surface area contributed by atoms with Crippen molar-refractivity contribution in [3.8, 4) is 0 Å². The van der Waals surface area contributed by atoms with Gasteiger partial charge in [-0.15, -0.1) is 0 Å². The number of hydrogen-bond donors (Lipinski definition) is 0. The zero-order valence-electron chi connectivity index (χ0n) is 9.04. The molecule has 0 saturated heterocycles. The van der Waals surface area contributed by atoms with Gasteiger partial charge < -0.3 is 0 Å². The molecule has 0 spiro atoms. The second-order valence-electron chi connectivity index (χ2n) is 3.90. The highest BCUT2D eigenvalue weighted by atomic mass is 127. The first-order valence-corrected chi connectivity index (χ1v) is 7.63. The molecule has 0 unspecified atom stereocenters. The molecule has 1 aromatic rings. The lowest BCUT2D eigenvalue weighted by Crippen LogP contribution is -2.43. The van der Waals surface area contributed by atoms with Crippen molar-refractivity contribution in [3.05, 3.63) is 27.3 Å². The first-order chi connectivity index (χ1) is 8.23. The van der Waals surface area contributed by atoms with Gasteiger partial charge >= 0.3 is 15.5 Å². The molecule has 0 bridgehead atoms. The maximum atomic E-state index is 12.6. The summed E-state index contributed by atoms with van der Waals surface area (Å²) in [6.07, 6.45) is 0.985. The van der Waals surface area contributed by atoms with E-state index < -0.39 is 15.5 Å². The van der Waals surface area contributed by atoms with Crippen LogP contribution in [0.2, 0.25) is 0 Å². The number of fused-ring (bicyclic) bond motifs is 1. The Balaban J connectivity index is 2.52. The second kappa shape index (κ2) is 4.55. The number of halogens is 4. The van der Waals surface area contributed by atoms with E-state index in [1.54, 1.807) is 12.1 Å². The van der Waals surface area contributed by atoms with Crippen LogP contribution in [-0.4, -0.2) is 20.5 Å². The molecule has 18 heavy (non-hydrogen) atoms. The summed E-state index contributed by atoms with van der Waals surface area (Å²) < 4.78 is 61.9. The molecule has 0 amide bonds. The van der Waals surface area contributed by atoms with Crippen molar-refractivity contribution in [2.45, 2.75) is 18.3 Å². The summed E-state index contributed by atoms with van der Waals surface area (Å²) in [6, 6.07) is 4.75. The topological polar surface area (TPSA) is 37.4 Å². The van der Waals surface area contributed by atoms with Crippen LogP contribution in [0.1, 0.15) is 12.0 Å². The van der Waals surface area contributed by atoms with Crippen LogP contribution < -0.4 is 4.31 Å². The molecule has 100 valence electrons. The number of aryl methyl sites for hydroxylation is 1. The summed E-state index contributed by atoms with van der Waals surface area (Å²) in [7, 11) is -5.29. The summed E-state index contributed by atoms with van der Waals surface area (Å²) in [5.74, 6) is 0. The van der Waals surface area contributed by atoms with E-state index in [4.69, 9.17) is 0 Å². The summed E-state index contributed by atoms with van der Waals surface area (Å²) in [5.41, 5.74) is -4.48. The Morgan fingerprint density at radius 2 is 1.94 bits per heavy atom. The van der Waals surface area contributed by atoms with Crippen LogP contribution >= 0.6 is 22.6 Å². The highest BCUT2D eigenvalue weighted by Gasteiger charge is 2.50. The standard InChI is InChI=1S/C10H9F3INO2S/c11-10(12,13)18(16,17)15-5-1-2-7-6-8(14)3-4-9(7)15/h3-4,6H,1-2,5H2. The first kappa shape index (κ1) is 13.9. The molecular weight excluding hydrogens is 382 g/mol. The van der Waals surface area contributed by atoms with Crippen molar-refractivity contribution < 1.29 is 21.6 Å². The van der Waals surface area contributed by atoms with Crippen LogP contribution in [0.15, 0.2) is 18.2 Å². The van der Waals surface area contributed by atoms with Crippen molar-refractivity contribution in [2.75, 3.05) is 10.8 Å². The molecule has 0 N–H and O–H groups in total. The van der Waals surface area contributed by atoms with E-state index in [0.29, 0.717) is 22.7 Å². The molecule has 1 heterocycles. The lowest BCUT2D eigenvalue weighted by Gasteiger charge is -2.30. The maximum absolute atomic E-state index is 12.6. The van der Waals surface area contributed by atoms with Gasteiger partial charge in [-0.3, -0.25) is 4.31 Å². The van der Waals surface area contributed by atoms with Crippen LogP contribution in [0.3, 0.4) is 0 Å². The zero-order valence-corrected chi connectivity index (χ0v) is 12.0. The van der Waals surface area contributed by atoms with Gasteiger partial charge in [-0.1, -0.05) is 0 Å². The minimum Gasteiger partial charge on any atom is -0.262 e. The van der Waals surface area contributed by atoms with E-state index in [1.165, 1.54) is 6.07 Å². The molecule has 1 aliphatic rings. The molecule has 0 radical (unpaired) electrons. The third kappa shape index (κ3) is 2.31. The number of anilines is 1. The number of alkyl halides is 3. The molecule has 8 heteroatoms. The van der Waals surface area contributed by atoms with Gasteiger partial charge in [-0.25, -0.2) is 0 Å². The predicted molar refractivity (Wildman–Crippen MR) is 69.8 cm³/mol. The Morgan fingerprint density at radius 3 is 2.56 bits per heavy atom. The summed E-state index contributed by atoms with van der Waals surface area (Å²) in [5, 5.41) is 0. The van der Waals surface area contributed by atoms with Gasteiger partial charge in [-0.2, -0.15) is 21.6 Å². The average Bonchev–Trinajstić information content (AvgIpc) is 2.26. The zero-order chi connectivity index (χ0) is 13.6. The quantitative estimate of drug-likeness (QED) is 0.691. The number of rotatable bonds is 1. The molecule has 0 saturated carbocycles. The monoisotopic (exact) mass is 391 g/mol. The van der Waals surface area contributed by atoms with Crippen molar-refractivity contribution in [1.82, 2.24) is 0 Å². The average molecular weight is 391 g/mol. The van der Waals surface area contributed by atoms with Crippen molar-refractivity contribution in [3.63, 3.8) is 0 Å². The van der Waals surface area contributed by atoms with Crippen LogP contribution in [0.5, 0.6) is 0 Å². The summed E-state index contributed by atoms with van der Waals surface area (Å²) in [4.78, 5) is 0. The third-order valence-electron chi connectivity index (χ3n) is 2.70. The fraction of sp³-hybridized carbons (Fsp3) is 0.400. The molecule has 0 aromatic heterocycles. The van der Waals surface area contributed by atoms with Crippen LogP contribution in [0.4, 0.5) is 18.9 Å². The molecule has 0 aliphatic carbocycles. The number of hydrogen-bond acceptors (Lipinski definition) is 2. The van der Waals surface area contributed by atoms with E-state index in [2.05, 4.69) is 0 Å². The lowest BCUT2D eigenvalue weighted by atomic mass is 10.0. The number of nitrogens with zero attached hydrogens (tertiary/aromatic N) is 1. The van der Waals surface area contributed by atoms with E-state index in [0.717, 1.165) is 3.57 Å². The number of benzene rings is 1. The highest BCUT2D eigenvalue weighted by Crippen LogP contribution is 2.36. The molecule has 1 aliphatic heterocycles. The Kier molecular flexibility index (Phi) is 3.52.